The monoisotopic (exact) mass is 624 g/mol. The molecule has 8 heteroatoms. The minimum Gasteiger partial charge on any atom is -0.369 e. The molecule has 0 aliphatic heterocycles. The molecule has 1 aromatic rings. The van der Waals surface area contributed by atoms with Crippen LogP contribution >= 0.6 is 0 Å². The quantitative estimate of drug-likeness (QED) is 0.120. The second kappa shape index (κ2) is 20.8. The highest BCUT2D eigenvalue weighted by molar-refractivity contribution is 5.95. The van der Waals surface area contributed by atoms with Crippen LogP contribution < -0.4 is 21.7 Å². The highest BCUT2D eigenvalue weighted by Crippen LogP contribution is 2.30. The largest absolute Gasteiger partial charge is 0.369 e. The lowest BCUT2D eigenvalue weighted by atomic mass is 9.79. The maximum absolute atomic E-state index is 13.7. The molecule has 4 atom stereocenters. The second-order valence-corrected chi connectivity index (χ2v) is 12.6. The molecule has 45 heavy (non-hydrogen) atoms. The van der Waals surface area contributed by atoms with Gasteiger partial charge in [0.2, 0.25) is 23.6 Å². The van der Waals surface area contributed by atoms with Gasteiger partial charge in [-0.25, -0.2) is 0 Å². The van der Waals surface area contributed by atoms with E-state index in [4.69, 9.17) is 5.73 Å². The van der Waals surface area contributed by atoms with Crippen molar-refractivity contribution in [1.82, 2.24) is 16.0 Å². The molecule has 0 bridgehead atoms. The van der Waals surface area contributed by atoms with E-state index in [1.54, 1.807) is 0 Å². The van der Waals surface area contributed by atoms with Crippen molar-refractivity contribution in [1.29, 1.82) is 0 Å². The number of hydrogen-bond acceptors (Lipinski definition) is 4. The molecule has 2 aliphatic carbocycles. The Kier molecular flexibility index (Phi) is 17.6. The Morgan fingerprint density at radius 3 is 2.22 bits per heavy atom. The van der Waals surface area contributed by atoms with Gasteiger partial charge in [0.15, 0.2) is 0 Å². The molecule has 252 valence electrons. The molecule has 0 saturated heterocycles. The van der Waals surface area contributed by atoms with E-state index in [1.165, 1.54) is 25.7 Å². The summed E-state index contributed by atoms with van der Waals surface area (Å²) < 4.78 is 0. The Balaban J connectivity index is 0.00000345. The van der Waals surface area contributed by atoms with Crippen molar-refractivity contribution in [2.24, 2.45) is 17.6 Å². The highest BCUT2D eigenvalue weighted by Gasteiger charge is 2.43. The van der Waals surface area contributed by atoms with Crippen molar-refractivity contribution in [3.8, 4) is 0 Å². The predicted octanol–water partition coefficient (Wildman–Crippen LogP) is 6.27. The lowest BCUT2D eigenvalue weighted by Gasteiger charge is -2.39. The molecule has 1 aromatic carbocycles. The number of unbranched alkanes of at least 4 members (excludes halogenated alkanes) is 5. The molecule has 1 saturated carbocycles. The summed E-state index contributed by atoms with van der Waals surface area (Å²) in [5, 5.41) is 9.14. The Morgan fingerprint density at radius 2 is 1.58 bits per heavy atom. The van der Waals surface area contributed by atoms with E-state index in [9.17, 15) is 19.2 Å². The molecule has 0 radical (unpaired) electrons. The zero-order valence-corrected chi connectivity index (χ0v) is 28.4. The summed E-state index contributed by atoms with van der Waals surface area (Å²) in [5.74, 6) is -1.87. The molecule has 5 N–H and O–H groups in total. The number of amides is 4. The van der Waals surface area contributed by atoms with Gasteiger partial charge in [-0.2, -0.15) is 0 Å². The molecule has 2 aliphatic rings. The average Bonchev–Trinajstić information content (AvgIpc) is 3.06. The Labute approximate surface area is 272 Å². The Hall–Kier alpha value is -3.16. The first-order valence-corrected chi connectivity index (χ1v) is 17.7. The molecular weight excluding hydrogens is 564 g/mol. The summed E-state index contributed by atoms with van der Waals surface area (Å²) in [6.45, 7) is 8.08. The number of benzene rings is 1. The smallest absolute Gasteiger partial charge is 0.246 e. The number of nitrogens with two attached hydrogens (primary N) is 1. The van der Waals surface area contributed by atoms with E-state index in [2.05, 4.69) is 22.9 Å². The zero-order chi connectivity index (χ0) is 33.1. The Bertz CT molecular complexity index is 1070. The van der Waals surface area contributed by atoms with E-state index < -0.39 is 29.4 Å². The highest BCUT2D eigenvalue weighted by atomic mass is 16.2. The average molecular weight is 625 g/mol. The fourth-order valence-electron chi connectivity index (χ4n) is 6.51. The summed E-state index contributed by atoms with van der Waals surface area (Å²) in [7, 11) is 0. The normalized spacial score (nSPS) is 20.1. The maximum Gasteiger partial charge on any atom is 0.246 e. The predicted molar refractivity (Wildman–Crippen MR) is 182 cm³/mol. The van der Waals surface area contributed by atoms with Gasteiger partial charge < -0.3 is 21.7 Å². The van der Waals surface area contributed by atoms with Gasteiger partial charge in [0.05, 0.1) is 12.0 Å². The van der Waals surface area contributed by atoms with Gasteiger partial charge in [-0.3, -0.25) is 19.2 Å². The molecule has 0 spiro atoms. The number of primary amides is 1. The van der Waals surface area contributed by atoms with Crippen molar-refractivity contribution in [2.45, 2.75) is 148 Å². The number of rotatable bonds is 17. The summed E-state index contributed by atoms with van der Waals surface area (Å²) in [6.07, 6.45) is 17.5. The van der Waals surface area contributed by atoms with E-state index >= 15 is 0 Å². The van der Waals surface area contributed by atoms with Gasteiger partial charge in [0.1, 0.15) is 11.6 Å². The third kappa shape index (κ3) is 12.3. The van der Waals surface area contributed by atoms with Gasteiger partial charge in [-0.05, 0) is 50.5 Å². The Morgan fingerprint density at radius 1 is 0.911 bits per heavy atom. The number of nitrogens with one attached hydrogen (secondary N) is 3. The van der Waals surface area contributed by atoms with Gasteiger partial charge >= 0.3 is 0 Å². The van der Waals surface area contributed by atoms with Crippen LogP contribution in [0.25, 0.3) is 0 Å². The molecule has 0 heterocycles. The fraction of sp³-hybridized carbons (Fsp3) is 0.676. The van der Waals surface area contributed by atoms with Gasteiger partial charge in [0.25, 0.3) is 0 Å². The summed E-state index contributed by atoms with van der Waals surface area (Å²) in [4.78, 5) is 53.1. The van der Waals surface area contributed by atoms with Crippen LogP contribution in [0.1, 0.15) is 130 Å². The van der Waals surface area contributed by atoms with Crippen LogP contribution in [0.15, 0.2) is 42.5 Å². The number of allylic oxidation sites excluding steroid dienone is 1. The third-order valence-electron chi connectivity index (χ3n) is 9.23. The second-order valence-electron chi connectivity index (χ2n) is 12.6. The molecule has 8 nitrogen and oxygen atoms in total. The third-order valence-corrected chi connectivity index (χ3v) is 9.23. The van der Waals surface area contributed by atoms with Crippen molar-refractivity contribution in [2.75, 3.05) is 0 Å². The summed E-state index contributed by atoms with van der Waals surface area (Å²) >= 11 is 0. The first kappa shape index (κ1) is 38.0. The minimum atomic E-state index is -1.08. The summed E-state index contributed by atoms with van der Waals surface area (Å²) in [5.41, 5.74) is 5.65. The van der Waals surface area contributed by atoms with E-state index in [0.29, 0.717) is 32.1 Å². The van der Waals surface area contributed by atoms with Crippen LogP contribution in [0.3, 0.4) is 0 Å². The minimum absolute atomic E-state index is 0.113. The molecule has 1 fully saturated rings. The number of hydrogen-bond donors (Lipinski definition) is 4. The molecule has 4 amide bonds. The lowest BCUT2D eigenvalue weighted by Crippen LogP contribution is -2.64. The SMILES string of the molecule is CC.CCCCCCCCC(Cc1ccccc1)C(=O)N[C@@H](CC)C(=O)NC1(C(=O)NC2C=CCC[C@@H]2C(N)=O)CCCCC1. The number of carbonyl (C=O) groups excluding carboxylic acids is 4. The van der Waals surface area contributed by atoms with E-state index in [0.717, 1.165) is 50.5 Å². The lowest BCUT2D eigenvalue weighted by molar-refractivity contribution is -0.138. The van der Waals surface area contributed by atoms with Crippen molar-refractivity contribution >= 4 is 23.6 Å². The molecule has 3 rings (SSSR count). The molecular formula is C37H60N4O4. The van der Waals surface area contributed by atoms with Gasteiger partial charge in [-0.15, -0.1) is 0 Å². The van der Waals surface area contributed by atoms with Crippen LogP contribution in [0.4, 0.5) is 0 Å². The fourth-order valence-corrected chi connectivity index (χ4v) is 6.51. The zero-order valence-electron chi connectivity index (χ0n) is 28.4. The van der Waals surface area contributed by atoms with Crippen LogP contribution in [0.2, 0.25) is 0 Å². The van der Waals surface area contributed by atoms with Crippen molar-refractivity contribution < 1.29 is 19.2 Å². The topological polar surface area (TPSA) is 130 Å². The van der Waals surface area contributed by atoms with Crippen molar-refractivity contribution in [3.05, 3.63) is 48.0 Å². The van der Waals surface area contributed by atoms with Crippen LogP contribution in [-0.4, -0.2) is 41.3 Å². The summed E-state index contributed by atoms with van der Waals surface area (Å²) in [6, 6.07) is 8.80. The van der Waals surface area contributed by atoms with E-state index in [1.807, 2.05) is 63.3 Å². The van der Waals surface area contributed by atoms with Crippen LogP contribution in [0, 0.1) is 11.8 Å². The van der Waals surface area contributed by atoms with Gasteiger partial charge in [0, 0.05) is 5.92 Å². The van der Waals surface area contributed by atoms with Crippen LogP contribution in [-0.2, 0) is 25.6 Å². The van der Waals surface area contributed by atoms with E-state index in [-0.39, 0.29) is 23.6 Å². The van der Waals surface area contributed by atoms with Crippen molar-refractivity contribution in [3.63, 3.8) is 0 Å². The standard InChI is InChI=1S/C35H54N4O4.C2H6/c1-3-5-6-7-8-13-20-27(25-26-18-11-9-12-19-26)32(41)37-29(4-2)33(42)39-35(23-16-10-17-24-35)34(43)38-30-22-15-14-21-28(30)31(36)40;1-2/h9,11-12,15,18-19,22,27-30H,3-8,10,13-14,16-17,20-21,23-25H2,1-2H3,(H2,36,40)(H,37,41)(H,38,43)(H,39,42);1-2H3/t27?,28-,29-,30?;/m0./s1. The maximum atomic E-state index is 13.7. The molecule has 0 aromatic heterocycles. The van der Waals surface area contributed by atoms with Gasteiger partial charge in [-0.1, -0.05) is 128 Å². The molecule has 2 unspecified atom stereocenters. The first-order valence-electron chi connectivity index (χ1n) is 17.7. The van der Waals surface area contributed by atoms with Crippen LogP contribution in [0.5, 0.6) is 0 Å². The first-order chi connectivity index (χ1) is 21.8. The number of carbonyl (C=O) groups is 4.